The molecule has 0 aliphatic carbocycles. The molecule has 0 unspecified atom stereocenters. The van der Waals surface area contributed by atoms with Crippen LogP contribution in [0, 0.1) is 0 Å². The quantitative estimate of drug-likeness (QED) is 0.371. The Labute approximate surface area is 114 Å². The van der Waals surface area contributed by atoms with E-state index in [4.69, 9.17) is 4.18 Å². The molecular weight excluding hydrogens is 270 g/mol. The lowest BCUT2D eigenvalue weighted by atomic mass is 10.3. The monoisotopic (exact) mass is 291 g/mol. The molecule has 6 heteroatoms. The number of likely N-dealkylation sites (N-methyl/N-ethyl adjacent to an activating group) is 1. The molecule has 0 atom stereocenters. The van der Waals surface area contributed by atoms with E-state index in [2.05, 4.69) is 20.1 Å². The second-order valence-electron chi connectivity index (χ2n) is 3.72. The van der Waals surface area contributed by atoms with Crippen LogP contribution in [-0.4, -0.2) is 33.2 Å². The van der Waals surface area contributed by atoms with Crippen LogP contribution in [0.3, 0.4) is 0 Å². The molecule has 0 spiro atoms. The van der Waals surface area contributed by atoms with E-state index in [0.717, 1.165) is 25.1 Å². The van der Waals surface area contributed by atoms with Gasteiger partial charge in [-0.1, -0.05) is 26.5 Å². The lowest BCUT2D eigenvalue weighted by Gasteiger charge is -2.18. The van der Waals surface area contributed by atoms with Crippen LogP contribution in [0.25, 0.3) is 0 Å². The lowest BCUT2D eigenvalue weighted by Crippen LogP contribution is -2.16. The topological polar surface area (TPSA) is 46.6 Å². The van der Waals surface area contributed by atoms with Crippen LogP contribution in [0.4, 0.5) is 0 Å². The molecule has 0 rings (SSSR count). The Hall–Kier alpha value is -0.880. The minimum atomic E-state index is -3.58. The summed E-state index contributed by atoms with van der Waals surface area (Å²) in [7, 11) is -1.01. The Morgan fingerprint density at radius 3 is 2.50 bits per heavy atom. The van der Waals surface area contributed by atoms with Crippen molar-refractivity contribution in [2.45, 2.75) is 19.8 Å². The van der Waals surface area contributed by atoms with Crippen LogP contribution in [0.2, 0.25) is 0 Å². The number of rotatable bonds is 9. The summed E-state index contributed by atoms with van der Waals surface area (Å²) in [5.41, 5.74) is 0.787. The number of hydrogen-bond acceptors (Lipinski definition) is 5. The molecule has 0 aromatic carbocycles. The predicted molar refractivity (Wildman–Crippen MR) is 78.5 cm³/mol. The van der Waals surface area contributed by atoms with Gasteiger partial charge in [0.1, 0.15) is 5.76 Å². The van der Waals surface area contributed by atoms with E-state index in [1.807, 2.05) is 11.9 Å². The third-order valence-electron chi connectivity index (χ3n) is 2.21. The summed E-state index contributed by atoms with van der Waals surface area (Å²) in [6.45, 7) is 10.4. The van der Waals surface area contributed by atoms with Gasteiger partial charge in [-0.05, 0) is 18.6 Å². The zero-order chi connectivity index (χ0) is 14.2. The van der Waals surface area contributed by atoms with Crippen molar-refractivity contribution >= 4 is 19.9 Å². The summed E-state index contributed by atoms with van der Waals surface area (Å²) in [5, 5.41) is 0. The van der Waals surface area contributed by atoms with Crippen molar-refractivity contribution in [3.05, 3.63) is 36.8 Å². The van der Waals surface area contributed by atoms with Gasteiger partial charge in [0.05, 0.1) is 0 Å². The maximum atomic E-state index is 11.1. The Morgan fingerprint density at radius 1 is 1.39 bits per heavy atom. The van der Waals surface area contributed by atoms with Crippen LogP contribution < -0.4 is 0 Å². The first kappa shape index (κ1) is 17.1. The van der Waals surface area contributed by atoms with Crippen LogP contribution >= 0.6 is 10.8 Å². The van der Waals surface area contributed by atoms with E-state index in [1.54, 1.807) is 6.08 Å². The highest BCUT2D eigenvalue weighted by Crippen LogP contribution is 2.15. The maximum absolute atomic E-state index is 11.1. The first-order chi connectivity index (χ1) is 8.32. The zero-order valence-electron chi connectivity index (χ0n) is 11.2. The molecule has 0 aromatic heterocycles. The fraction of sp³-hybridized carbons (Fsp3) is 0.500. The second kappa shape index (κ2) is 8.26. The standard InChI is InChI=1S/C12H21NO3S2/c1-6-7-10-13(4)11(2)8-9-12(3)16-18(14,15)17-5/h8-9H,2-3,6-7,10H2,1,4-5H3/b9-8-. The molecule has 0 aromatic rings. The molecule has 0 saturated heterocycles. The molecule has 104 valence electrons. The largest absolute Gasteiger partial charge is 0.375 e. The lowest BCUT2D eigenvalue weighted by molar-refractivity contribution is 0.417. The van der Waals surface area contributed by atoms with Gasteiger partial charge in [0, 0.05) is 36.3 Å². The van der Waals surface area contributed by atoms with Gasteiger partial charge in [-0.15, -0.1) is 0 Å². The van der Waals surface area contributed by atoms with Gasteiger partial charge in [0.2, 0.25) is 0 Å². The van der Waals surface area contributed by atoms with Crippen molar-refractivity contribution in [3.8, 4) is 0 Å². The minimum absolute atomic E-state index is 0.0781. The van der Waals surface area contributed by atoms with Crippen LogP contribution in [0.1, 0.15) is 19.8 Å². The highest BCUT2D eigenvalue weighted by molar-refractivity contribution is 8.70. The number of hydrogen-bond donors (Lipinski definition) is 0. The third kappa shape index (κ3) is 7.45. The first-order valence-corrected chi connectivity index (χ1v) is 8.74. The van der Waals surface area contributed by atoms with Gasteiger partial charge in [-0.3, -0.25) is 0 Å². The molecule has 0 heterocycles. The van der Waals surface area contributed by atoms with Gasteiger partial charge in [-0.25, -0.2) is 0 Å². The van der Waals surface area contributed by atoms with E-state index in [9.17, 15) is 8.42 Å². The van der Waals surface area contributed by atoms with E-state index in [1.165, 1.54) is 12.3 Å². The van der Waals surface area contributed by atoms with Gasteiger partial charge in [0.25, 0.3) is 0 Å². The minimum Gasteiger partial charge on any atom is -0.375 e. The molecule has 0 amide bonds. The van der Waals surface area contributed by atoms with Gasteiger partial charge in [-0.2, -0.15) is 8.42 Å². The summed E-state index contributed by atoms with van der Waals surface area (Å²) in [4.78, 5) is 2.00. The highest BCUT2D eigenvalue weighted by Gasteiger charge is 2.09. The molecule has 0 radical (unpaired) electrons. The van der Waals surface area contributed by atoms with E-state index in [-0.39, 0.29) is 5.76 Å². The molecular formula is C12H21NO3S2. The molecule has 4 nitrogen and oxygen atoms in total. The average molecular weight is 291 g/mol. The van der Waals surface area contributed by atoms with E-state index < -0.39 is 9.15 Å². The summed E-state index contributed by atoms with van der Waals surface area (Å²) >= 11 is 0. The Bertz CT molecular complexity index is 413. The smallest absolute Gasteiger partial charge is 0.365 e. The third-order valence-corrected chi connectivity index (χ3v) is 4.47. The van der Waals surface area contributed by atoms with E-state index >= 15 is 0 Å². The van der Waals surface area contributed by atoms with Crippen molar-refractivity contribution in [2.75, 3.05) is 19.8 Å². The van der Waals surface area contributed by atoms with Gasteiger partial charge < -0.3 is 9.08 Å². The van der Waals surface area contributed by atoms with Crippen LogP contribution in [0.15, 0.2) is 36.8 Å². The molecule has 0 bridgehead atoms. The molecule has 0 aliphatic rings. The Morgan fingerprint density at radius 2 is 2.00 bits per heavy atom. The van der Waals surface area contributed by atoms with Crippen molar-refractivity contribution in [1.82, 2.24) is 4.90 Å². The molecule has 0 fully saturated rings. The zero-order valence-corrected chi connectivity index (χ0v) is 12.8. The molecule has 0 N–H and O–H groups in total. The number of unbranched alkanes of at least 4 members (excludes halogenated alkanes) is 1. The highest BCUT2D eigenvalue weighted by atomic mass is 33.1. The van der Waals surface area contributed by atoms with Gasteiger partial charge in [0.15, 0.2) is 0 Å². The molecule has 0 saturated carbocycles. The van der Waals surface area contributed by atoms with Crippen molar-refractivity contribution < 1.29 is 12.6 Å². The Kier molecular flexibility index (Phi) is 7.86. The van der Waals surface area contributed by atoms with Crippen molar-refractivity contribution in [3.63, 3.8) is 0 Å². The summed E-state index contributed by atoms with van der Waals surface area (Å²) in [6, 6.07) is 0. The van der Waals surface area contributed by atoms with Crippen molar-refractivity contribution in [2.24, 2.45) is 0 Å². The summed E-state index contributed by atoms with van der Waals surface area (Å²) < 4.78 is 27.0. The summed E-state index contributed by atoms with van der Waals surface area (Å²) in [6.07, 6.45) is 6.82. The first-order valence-electron chi connectivity index (χ1n) is 5.59. The maximum Gasteiger partial charge on any atom is 0.365 e. The molecule has 0 aliphatic heterocycles. The van der Waals surface area contributed by atoms with Gasteiger partial charge >= 0.3 is 9.15 Å². The van der Waals surface area contributed by atoms with Crippen molar-refractivity contribution in [1.29, 1.82) is 0 Å². The van der Waals surface area contributed by atoms with Crippen LogP contribution in [-0.2, 0) is 13.3 Å². The fourth-order valence-electron chi connectivity index (χ4n) is 1.05. The SMILES string of the molecule is C=C(/C=C\C(=C)N(C)CCCC)OS(=O)(=O)SC. The molecule has 18 heavy (non-hydrogen) atoms. The number of allylic oxidation sites excluding steroid dienone is 2. The Balaban J connectivity index is 4.30. The van der Waals surface area contributed by atoms with E-state index in [0.29, 0.717) is 10.8 Å². The normalized spacial score (nSPS) is 11.5. The fourth-order valence-corrected chi connectivity index (χ4v) is 1.90. The van der Waals surface area contributed by atoms with Crippen LogP contribution in [0.5, 0.6) is 0 Å². The number of nitrogens with zero attached hydrogens (tertiary/aromatic N) is 1. The predicted octanol–water partition coefficient (Wildman–Crippen LogP) is 2.93. The second-order valence-corrected chi connectivity index (χ2v) is 7.27. The average Bonchev–Trinajstić information content (AvgIpc) is 2.32. The summed E-state index contributed by atoms with van der Waals surface area (Å²) in [5.74, 6) is 0.0781.